The summed E-state index contributed by atoms with van der Waals surface area (Å²) >= 11 is 0. The molecule has 20 heavy (non-hydrogen) atoms. The Morgan fingerprint density at radius 2 is 1.95 bits per heavy atom. The second-order valence-corrected chi connectivity index (χ2v) is 4.33. The maximum Gasteiger partial charge on any atom is 0.279 e. The molecule has 4 nitrogen and oxygen atoms in total. The number of aryl methyl sites for hydroxylation is 1. The van der Waals surface area contributed by atoms with Crippen LogP contribution >= 0.6 is 0 Å². The second kappa shape index (κ2) is 6.16. The van der Waals surface area contributed by atoms with Gasteiger partial charge in [-0.1, -0.05) is 30.3 Å². The fraction of sp³-hybridized carbons (Fsp3) is 0.133. The van der Waals surface area contributed by atoms with Crippen molar-refractivity contribution in [1.82, 2.24) is 5.43 Å². The number of nitrogens with one attached hydrogen (secondary N) is 1. The molecule has 3 N–H and O–H groups in total. The molecule has 0 radical (unpaired) electrons. The van der Waals surface area contributed by atoms with E-state index in [1.165, 1.54) is 18.2 Å². The zero-order valence-electron chi connectivity index (χ0n) is 11.0. The number of halogens is 1. The number of carbonyl (C=O) groups excluding carboxylic acids is 1. The van der Waals surface area contributed by atoms with Gasteiger partial charge in [0.15, 0.2) is 0 Å². The third-order valence-electron chi connectivity index (χ3n) is 2.86. The number of carbonyl (C=O) groups is 1. The Hall–Kier alpha value is -2.40. The van der Waals surface area contributed by atoms with Gasteiger partial charge < -0.3 is 4.74 Å². The highest BCUT2D eigenvalue weighted by Crippen LogP contribution is 2.25. The fourth-order valence-corrected chi connectivity index (χ4v) is 1.85. The average Bonchev–Trinajstić information content (AvgIpc) is 2.46. The van der Waals surface area contributed by atoms with E-state index in [0.29, 0.717) is 16.9 Å². The van der Waals surface area contributed by atoms with E-state index < -0.39 is 12.0 Å². The highest BCUT2D eigenvalue weighted by molar-refractivity contribution is 5.82. The molecule has 0 aromatic heterocycles. The minimum Gasteiger partial charge on any atom is -0.475 e. The van der Waals surface area contributed by atoms with Gasteiger partial charge in [-0.25, -0.2) is 10.2 Å². The lowest BCUT2D eigenvalue weighted by Crippen LogP contribution is -2.37. The lowest BCUT2D eigenvalue weighted by Gasteiger charge is -2.19. The lowest BCUT2D eigenvalue weighted by atomic mass is 10.1. The van der Waals surface area contributed by atoms with Crippen molar-refractivity contribution in [3.8, 4) is 5.75 Å². The monoisotopic (exact) mass is 274 g/mol. The number of benzene rings is 2. The summed E-state index contributed by atoms with van der Waals surface area (Å²) in [5, 5.41) is 0. The van der Waals surface area contributed by atoms with Crippen LogP contribution in [0.25, 0.3) is 0 Å². The first kappa shape index (κ1) is 14.0. The highest BCUT2D eigenvalue weighted by atomic mass is 19.1. The van der Waals surface area contributed by atoms with Gasteiger partial charge in [0.1, 0.15) is 11.6 Å². The minimum atomic E-state index is -0.884. The number of nitrogens with two attached hydrogens (primary N) is 1. The Kier molecular flexibility index (Phi) is 4.32. The quantitative estimate of drug-likeness (QED) is 0.510. The van der Waals surface area contributed by atoms with Gasteiger partial charge in [-0.3, -0.25) is 10.2 Å². The molecule has 0 aliphatic carbocycles. The summed E-state index contributed by atoms with van der Waals surface area (Å²) in [6.45, 7) is 1.71. The van der Waals surface area contributed by atoms with Crippen molar-refractivity contribution in [3.05, 3.63) is 65.5 Å². The van der Waals surface area contributed by atoms with E-state index in [1.54, 1.807) is 31.2 Å². The smallest absolute Gasteiger partial charge is 0.279 e. The van der Waals surface area contributed by atoms with Crippen LogP contribution < -0.4 is 16.0 Å². The Morgan fingerprint density at radius 3 is 2.55 bits per heavy atom. The van der Waals surface area contributed by atoms with Crippen molar-refractivity contribution in [1.29, 1.82) is 0 Å². The van der Waals surface area contributed by atoms with Crippen molar-refractivity contribution in [2.75, 3.05) is 0 Å². The predicted octanol–water partition coefficient (Wildman–Crippen LogP) is 2.24. The molecule has 2 aromatic rings. The van der Waals surface area contributed by atoms with E-state index in [4.69, 9.17) is 10.6 Å². The van der Waals surface area contributed by atoms with E-state index in [-0.39, 0.29) is 5.82 Å². The standard InChI is InChI=1S/C15H15FN2O2/c1-10-9-12(16)7-8-13(10)20-14(15(19)18-17)11-5-3-2-4-6-11/h2-9,14H,17H2,1H3,(H,18,19). The van der Waals surface area contributed by atoms with Crippen LogP contribution in [0.2, 0.25) is 0 Å². The van der Waals surface area contributed by atoms with Crippen molar-refractivity contribution in [2.24, 2.45) is 5.84 Å². The molecule has 0 saturated heterocycles. The summed E-state index contributed by atoms with van der Waals surface area (Å²) in [5.41, 5.74) is 3.35. The Morgan fingerprint density at radius 1 is 1.25 bits per heavy atom. The number of ether oxygens (including phenoxy) is 1. The van der Waals surface area contributed by atoms with E-state index in [9.17, 15) is 9.18 Å². The minimum absolute atomic E-state index is 0.352. The second-order valence-electron chi connectivity index (χ2n) is 4.33. The summed E-state index contributed by atoms with van der Waals surface area (Å²) < 4.78 is 18.8. The number of hydrogen-bond acceptors (Lipinski definition) is 3. The van der Waals surface area contributed by atoms with Gasteiger partial charge in [0.25, 0.3) is 5.91 Å². The Labute approximate surface area is 116 Å². The average molecular weight is 274 g/mol. The molecule has 0 spiro atoms. The van der Waals surface area contributed by atoms with Gasteiger partial charge in [0, 0.05) is 5.56 Å². The summed E-state index contributed by atoms with van der Waals surface area (Å²) in [6.07, 6.45) is -0.884. The van der Waals surface area contributed by atoms with Crippen LogP contribution in [-0.4, -0.2) is 5.91 Å². The largest absolute Gasteiger partial charge is 0.475 e. The maximum atomic E-state index is 13.1. The molecule has 104 valence electrons. The molecule has 2 rings (SSSR count). The summed E-state index contributed by atoms with van der Waals surface area (Å²) in [4.78, 5) is 11.9. The summed E-state index contributed by atoms with van der Waals surface area (Å²) in [6, 6.07) is 13.1. The first-order valence-corrected chi connectivity index (χ1v) is 6.10. The SMILES string of the molecule is Cc1cc(F)ccc1OC(C(=O)NN)c1ccccc1. The van der Waals surface area contributed by atoms with Gasteiger partial charge in [-0.15, -0.1) is 0 Å². The van der Waals surface area contributed by atoms with E-state index in [1.807, 2.05) is 6.07 Å². The molecule has 1 unspecified atom stereocenters. The Balaban J connectivity index is 2.31. The van der Waals surface area contributed by atoms with E-state index in [2.05, 4.69) is 5.43 Å². The molecular formula is C15H15FN2O2. The molecule has 0 aliphatic heterocycles. The topological polar surface area (TPSA) is 64.3 Å². The van der Waals surface area contributed by atoms with Gasteiger partial charge in [0.05, 0.1) is 0 Å². The summed E-state index contributed by atoms with van der Waals surface area (Å²) in [5.74, 6) is 4.80. The molecule has 0 bridgehead atoms. The normalized spacial score (nSPS) is 11.8. The molecule has 2 aromatic carbocycles. The van der Waals surface area contributed by atoms with Crippen molar-refractivity contribution < 1.29 is 13.9 Å². The predicted molar refractivity (Wildman–Crippen MR) is 73.3 cm³/mol. The van der Waals surface area contributed by atoms with Crippen molar-refractivity contribution in [2.45, 2.75) is 13.0 Å². The first-order valence-electron chi connectivity index (χ1n) is 6.10. The van der Waals surface area contributed by atoms with Crippen LogP contribution in [-0.2, 0) is 4.79 Å². The maximum absolute atomic E-state index is 13.1. The van der Waals surface area contributed by atoms with Crippen molar-refractivity contribution in [3.63, 3.8) is 0 Å². The number of hydrazine groups is 1. The molecule has 0 heterocycles. The van der Waals surface area contributed by atoms with Crippen molar-refractivity contribution >= 4 is 5.91 Å². The molecule has 1 atom stereocenters. The van der Waals surface area contributed by atoms with Gasteiger partial charge in [-0.2, -0.15) is 0 Å². The van der Waals surface area contributed by atoms with Crippen LogP contribution in [0.15, 0.2) is 48.5 Å². The Bertz CT molecular complexity index is 602. The zero-order chi connectivity index (χ0) is 14.5. The number of rotatable bonds is 4. The van der Waals surface area contributed by atoms with Crippen LogP contribution in [0.5, 0.6) is 5.75 Å². The molecule has 1 amide bonds. The van der Waals surface area contributed by atoms with Gasteiger partial charge in [0.2, 0.25) is 6.10 Å². The third kappa shape index (κ3) is 3.13. The van der Waals surface area contributed by atoms with E-state index >= 15 is 0 Å². The molecule has 0 aliphatic rings. The molecule has 5 heteroatoms. The number of amides is 1. The molecular weight excluding hydrogens is 259 g/mol. The van der Waals surface area contributed by atoms with E-state index in [0.717, 1.165) is 0 Å². The van der Waals surface area contributed by atoms with Crippen LogP contribution in [0.1, 0.15) is 17.2 Å². The summed E-state index contributed by atoms with van der Waals surface area (Å²) in [7, 11) is 0. The molecule has 0 saturated carbocycles. The molecule has 0 fully saturated rings. The first-order chi connectivity index (χ1) is 9.61. The number of hydrogen-bond donors (Lipinski definition) is 2. The lowest BCUT2D eigenvalue weighted by molar-refractivity contribution is -0.128. The van der Waals surface area contributed by atoms with Gasteiger partial charge >= 0.3 is 0 Å². The highest BCUT2D eigenvalue weighted by Gasteiger charge is 2.22. The zero-order valence-corrected chi connectivity index (χ0v) is 11.0. The van der Waals surface area contributed by atoms with Gasteiger partial charge in [-0.05, 0) is 30.7 Å². The van der Waals surface area contributed by atoms with Crippen LogP contribution in [0.4, 0.5) is 4.39 Å². The fourth-order valence-electron chi connectivity index (χ4n) is 1.85. The van der Waals surface area contributed by atoms with Crippen LogP contribution in [0.3, 0.4) is 0 Å². The van der Waals surface area contributed by atoms with Crippen LogP contribution in [0, 0.1) is 12.7 Å². The third-order valence-corrected chi connectivity index (χ3v) is 2.86.